The molecule has 0 aromatic heterocycles. The average Bonchev–Trinajstić information content (AvgIpc) is 2.37. The van der Waals surface area contributed by atoms with Gasteiger partial charge in [-0.3, -0.25) is 14.7 Å². The lowest BCUT2D eigenvalue weighted by Gasteiger charge is -2.38. The van der Waals surface area contributed by atoms with Gasteiger partial charge in [-0.1, -0.05) is 6.42 Å². The number of carbonyl (C=O) groups is 1. The summed E-state index contributed by atoms with van der Waals surface area (Å²) in [4.78, 5) is 20.3. The monoisotopic (exact) mass is 395 g/mol. The SMILES string of the molecule is CN=C(N)NCCN1CCN(C(=O)C2CCC2)CC1.I. The maximum Gasteiger partial charge on any atom is 0.225 e. The van der Waals surface area contributed by atoms with Gasteiger partial charge in [0.1, 0.15) is 0 Å². The molecule has 1 heterocycles. The van der Waals surface area contributed by atoms with E-state index in [2.05, 4.69) is 15.2 Å². The molecule has 0 atom stereocenters. The molecule has 1 amide bonds. The van der Waals surface area contributed by atoms with Crippen LogP contribution in [-0.2, 0) is 4.79 Å². The zero-order chi connectivity index (χ0) is 13.7. The molecule has 0 unspecified atom stereocenters. The third-order valence-electron chi connectivity index (χ3n) is 4.11. The van der Waals surface area contributed by atoms with Crippen molar-refractivity contribution in [3.05, 3.63) is 0 Å². The highest BCUT2D eigenvalue weighted by atomic mass is 127. The van der Waals surface area contributed by atoms with E-state index in [1.165, 1.54) is 6.42 Å². The standard InChI is InChI=1S/C13H25N5O.HI/c1-15-13(14)16-5-6-17-7-9-18(10-8-17)12(19)11-3-2-4-11;/h11H,2-10H2,1H3,(H3,14,15,16);1H. The maximum absolute atomic E-state index is 12.1. The number of hydrogen-bond donors (Lipinski definition) is 2. The normalized spacial score (nSPS) is 21.1. The van der Waals surface area contributed by atoms with Gasteiger partial charge in [0.2, 0.25) is 5.91 Å². The lowest BCUT2D eigenvalue weighted by molar-refractivity contribution is -0.139. The first kappa shape index (κ1) is 17.5. The highest BCUT2D eigenvalue weighted by Gasteiger charge is 2.30. The molecule has 6 nitrogen and oxygen atoms in total. The van der Waals surface area contributed by atoms with Crippen molar-refractivity contribution < 1.29 is 4.79 Å². The fourth-order valence-corrected chi connectivity index (χ4v) is 2.53. The number of piperazine rings is 1. The molecule has 0 bridgehead atoms. The van der Waals surface area contributed by atoms with Gasteiger partial charge in [0.05, 0.1) is 0 Å². The molecule has 0 aromatic rings. The summed E-state index contributed by atoms with van der Waals surface area (Å²) >= 11 is 0. The van der Waals surface area contributed by atoms with E-state index in [1.54, 1.807) is 7.05 Å². The van der Waals surface area contributed by atoms with Gasteiger partial charge in [0.15, 0.2) is 5.96 Å². The molecule has 116 valence electrons. The molecule has 0 aromatic carbocycles. The molecule has 1 aliphatic carbocycles. The minimum absolute atomic E-state index is 0. The fourth-order valence-electron chi connectivity index (χ4n) is 2.53. The molecule has 2 aliphatic rings. The van der Waals surface area contributed by atoms with Crippen molar-refractivity contribution in [2.24, 2.45) is 16.6 Å². The molecule has 1 saturated carbocycles. The number of aliphatic imine (C=N–C) groups is 1. The second kappa shape index (κ2) is 8.66. The second-order valence-electron chi connectivity index (χ2n) is 5.33. The van der Waals surface area contributed by atoms with E-state index in [9.17, 15) is 4.79 Å². The highest BCUT2D eigenvalue weighted by Crippen LogP contribution is 2.28. The van der Waals surface area contributed by atoms with E-state index >= 15 is 0 Å². The van der Waals surface area contributed by atoms with Crippen LogP contribution in [0.25, 0.3) is 0 Å². The molecule has 3 N–H and O–H groups in total. The predicted molar refractivity (Wildman–Crippen MR) is 91.3 cm³/mol. The van der Waals surface area contributed by atoms with Crippen LogP contribution in [0, 0.1) is 5.92 Å². The number of guanidine groups is 1. The zero-order valence-corrected chi connectivity index (χ0v) is 14.5. The maximum atomic E-state index is 12.1. The molecule has 20 heavy (non-hydrogen) atoms. The Morgan fingerprint density at radius 2 is 1.95 bits per heavy atom. The van der Waals surface area contributed by atoms with Crippen LogP contribution in [0.3, 0.4) is 0 Å². The number of hydrogen-bond acceptors (Lipinski definition) is 3. The summed E-state index contributed by atoms with van der Waals surface area (Å²) in [5.41, 5.74) is 5.57. The summed E-state index contributed by atoms with van der Waals surface area (Å²) in [7, 11) is 1.67. The molecular formula is C13H26IN5O. The van der Waals surface area contributed by atoms with Crippen molar-refractivity contribution in [1.82, 2.24) is 15.1 Å². The van der Waals surface area contributed by atoms with Crippen molar-refractivity contribution in [3.8, 4) is 0 Å². The summed E-state index contributed by atoms with van der Waals surface area (Å²) in [5, 5.41) is 3.06. The van der Waals surface area contributed by atoms with Gasteiger partial charge >= 0.3 is 0 Å². The van der Waals surface area contributed by atoms with Gasteiger partial charge in [0.25, 0.3) is 0 Å². The average molecular weight is 395 g/mol. The van der Waals surface area contributed by atoms with Crippen LogP contribution in [0.4, 0.5) is 0 Å². The summed E-state index contributed by atoms with van der Waals surface area (Å²) in [5.74, 6) is 1.19. The molecule has 2 rings (SSSR count). The number of carbonyl (C=O) groups excluding carboxylic acids is 1. The first-order valence-electron chi connectivity index (χ1n) is 7.18. The van der Waals surface area contributed by atoms with Gasteiger partial charge in [-0.2, -0.15) is 0 Å². The second-order valence-corrected chi connectivity index (χ2v) is 5.33. The molecule has 7 heteroatoms. The van der Waals surface area contributed by atoms with Crippen molar-refractivity contribution in [3.63, 3.8) is 0 Å². The summed E-state index contributed by atoms with van der Waals surface area (Å²) < 4.78 is 0. The Labute approximate surface area is 138 Å². The number of rotatable bonds is 4. The molecule has 2 fully saturated rings. The van der Waals surface area contributed by atoms with Gasteiger partial charge in [-0.05, 0) is 12.8 Å². The van der Waals surface area contributed by atoms with E-state index in [0.29, 0.717) is 17.8 Å². The Hall–Kier alpha value is -0.570. The van der Waals surface area contributed by atoms with Crippen LogP contribution in [0.1, 0.15) is 19.3 Å². The lowest BCUT2D eigenvalue weighted by Crippen LogP contribution is -2.52. The van der Waals surface area contributed by atoms with Crippen LogP contribution >= 0.6 is 24.0 Å². The predicted octanol–water partition coefficient (Wildman–Crippen LogP) is 0.0828. The van der Waals surface area contributed by atoms with Crippen molar-refractivity contribution in [2.75, 3.05) is 46.3 Å². The van der Waals surface area contributed by atoms with Crippen molar-refractivity contribution >= 4 is 35.8 Å². The third kappa shape index (κ3) is 4.76. The summed E-state index contributed by atoms with van der Waals surface area (Å²) in [6, 6.07) is 0. The Balaban J connectivity index is 0.00000200. The lowest BCUT2D eigenvalue weighted by atomic mass is 9.84. The van der Waals surface area contributed by atoms with Crippen molar-refractivity contribution in [1.29, 1.82) is 0 Å². The smallest absolute Gasteiger partial charge is 0.225 e. The Bertz CT molecular complexity index is 338. The number of nitrogens with zero attached hydrogens (tertiary/aromatic N) is 3. The minimum atomic E-state index is 0. The number of nitrogens with one attached hydrogen (secondary N) is 1. The van der Waals surface area contributed by atoms with Crippen LogP contribution in [-0.4, -0.2) is 68.0 Å². The van der Waals surface area contributed by atoms with E-state index in [0.717, 1.165) is 52.1 Å². The first-order chi connectivity index (χ1) is 9.20. The number of nitrogens with two attached hydrogens (primary N) is 1. The fraction of sp³-hybridized carbons (Fsp3) is 0.846. The summed E-state index contributed by atoms with van der Waals surface area (Å²) in [6.45, 7) is 5.41. The molecule has 0 radical (unpaired) electrons. The van der Waals surface area contributed by atoms with E-state index in [-0.39, 0.29) is 24.0 Å². The van der Waals surface area contributed by atoms with Crippen molar-refractivity contribution in [2.45, 2.75) is 19.3 Å². The van der Waals surface area contributed by atoms with E-state index in [1.807, 2.05) is 4.90 Å². The van der Waals surface area contributed by atoms with Crippen LogP contribution in [0.2, 0.25) is 0 Å². The summed E-state index contributed by atoms with van der Waals surface area (Å²) in [6.07, 6.45) is 3.42. The number of amides is 1. The molecular weight excluding hydrogens is 369 g/mol. The molecule has 1 saturated heterocycles. The molecule has 1 aliphatic heterocycles. The Morgan fingerprint density at radius 1 is 1.30 bits per heavy atom. The Kier molecular flexibility index (Phi) is 7.57. The number of halogens is 1. The van der Waals surface area contributed by atoms with Crippen LogP contribution in [0.5, 0.6) is 0 Å². The quantitative estimate of drug-likeness (QED) is 0.402. The van der Waals surface area contributed by atoms with Gasteiger partial charge in [-0.25, -0.2) is 0 Å². The zero-order valence-electron chi connectivity index (χ0n) is 12.2. The Morgan fingerprint density at radius 3 is 2.45 bits per heavy atom. The van der Waals surface area contributed by atoms with Crippen LogP contribution < -0.4 is 11.1 Å². The van der Waals surface area contributed by atoms with Crippen LogP contribution in [0.15, 0.2) is 4.99 Å². The largest absolute Gasteiger partial charge is 0.370 e. The van der Waals surface area contributed by atoms with E-state index < -0.39 is 0 Å². The van der Waals surface area contributed by atoms with Gasteiger partial charge in [-0.15, -0.1) is 24.0 Å². The van der Waals surface area contributed by atoms with Gasteiger partial charge < -0.3 is 16.0 Å². The first-order valence-corrected chi connectivity index (χ1v) is 7.18. The minimum Gasteiger partial charge on any atom is -0.370 e. The van der Waals surface area contributed by atoms with E-state index in [4.69, 9.17) is 5.73 Å². The van der Waals surface area contributed by atoms with Gasteiger partial charge in [0, 0.05) is 52.2 Å². The third-order valence-corrected chi connectivity index (χ3v) is 4.11. The highest BCUT2D eigenvalue weighted by molar-refractivity contribution is 14.0. The molecule has 0 spiro atoms. The topological polar surface area (TPSA) is 74.0 Å².